The van der Waals surface area contributed by atoms with Crippen LogP contribution < -0.4 is 0 Å². The van der Waals surface area contributed by atoms with Gasteiger partial charge in [-0.15, -0.1) is 11.3 Å². The summed E-state index contributed by atoms with van der Waals surface area (Å²) in [5, 5.41) is 10.0. The quantitative estimate of drug-likeness (QED) is 0.649. The topological polar surface area (TPSA) is 42.4 Å². The molecule has 1 unspecified atom stereocenters. The van der Waals surface area contributed by atoms with Crippen LogP contribution in [-0.2, 0) is 11.3 Å². The lowest BCUT2D eigenvalue weighted by Crippen LogP contribution is -2.17. The summed E-state index contributed by atoms with van der Waals surface area (Å²) in [4.78, 5) is 4.55. The van der Waals surface area contributed by atoms with Crippen LogP contribution in [0.2, 0.25) is 0 Å². The smallest absolute Gasteiger partial charge is 0.151 e. The molecular weight excluding hydrogens is 326 g/mol. The number of thiazole rings is 1. The number of aliphatic hydroxyl groups is 1. The lowest BCUT2D eigenvalue weighted by Gasteiger charge is -2.10. The summed E-state index contributed by atoms with van der Waals surface area (Å²) in [5.74, 6) is 0.591. The number of rotatable bonds is 7. The van der Waals surface area contributed by atoms with Crippen molar-refractivity contribution in [3.63, 3.8) is 0 Å². The third kappa shape index (κ3) is 4.78. The Kier molecular flexibility index (Phi) is 5.67. The van der Waals surface area contributed by atoms with Crippen molar-refractivity contribution in [2.45, 2.75) is 24.0 Å². The molecule has 0 aliphatic carbocycles. The molecule has 120 valence electrons. The first-order chi connectivity index (χ1) is 11.2. The van der Waals surface area contributed by atoms with Gasteiger partial charge in [-0.3, -0.25) is 0 Å². The summed E-state index contributed by atoms with van der Waals surface area (Å²) in [6.07, 6.45) is -0.488. The maximum absolute atomic E-state index is 10.0. The maximum atomic E-state index is 10.0. The summed E-state index contributed by atoms with van der Waals surface area (Å²) in [6.45, 7) is 2.93. The van der Waals surface area contributed by atoms with E-state index in [2.05, 4.69) is 42.2 Å². The molecule has 0 amide bonds. The molecule has 0 bridgehead atoms. The number of aliphatic hydroxyl groups excluding tert-OH is 1. The highest BCUT2D eigenvalue weighted by atomic mass is 32.2. The van der Waals surface area contributed by atoms with Crippen molar-refractivity contribution < 1.29 is 9.84 Å². The van der Waals surface area contributed by atoms with Gasteiger partial charge in [-0.2, -0.15) is 0 Å². The molecule has 3 aromatic rings. The first-order valence-corrected chi connectivity index (χ1v) is 9.30. The minimum Gasteiger partial charge on any atom is -0.390 e. The van der Waals surface area contributed by atoms with Gasteiger partial charge in [-0.25, -0.2) is 4.98 Å². The summed E-state index contributed by atoms with van der Waals surface area (Å²) in [6, 6.07) is 16.3. The van der Waals surface area contributed by atoms with Gasteiger partial charge in [0, 0.05) is 5.75 Å². The van der Waals surface area contributed by atoms with E-state index in [-0.39, 0.29) is 0 Å². The number of para-hydroxylation sites is 1. The predicted molar refractivity (Wildman–Crippen MR) is 97.2 cm³/mol. The highest BCUT2D eigenvalue weighted by Gasteiger charge is 2.09. The number of fused-ring (bicyclic) bond motifs is 1. The summed E-state index contributed by atoms with van der Waals surface area (Å²) in [7, 11) is 0. The molecule has 0 radical (unpaired) electrons. The summed E-state index contributed by atoms with van der Waals surface area (Å²) < 4.78 is 7.76. The molecule has 1 atom stereocenters. The highest BCUT2D eigenvalue weighted by Crippen LogP contribution is 2.29. The largest absolute Gasteiger partial charge is 0.390 e. The number of hydrogen-bond acceptors (Lipinski definition) is 5. The molecular formula is C18H19NO2S2. The van der Waals surface area contributed by atoms with Crippen LogP contribution >= 0.6 is 23.1 Å². The number of nitrogens with zero attached hydrogens (tertiary/aromatic N) is 1. The molecule has 1 N–H and O–H groups in total. The highest BCUT2D eigenvalue weighted by molar-refractivity contribution is 8.01. The lowest BCUT2D eigenvalue weighted by molar-refractivity contribution is 0.0398. The van der Waals surface area contributed by atoms with Gasteiger partial charge < -0.3 is 9.84 Å². The molecule has 0 saturated carbocycles. The maximum Gasteiger partial charge on any atom is 0.151 e. The molecule has 1 heterocycles. The third-order valence-corrected chi connectivity index (χ3v) is 5.70. The molecule has 0 aliphatic heterocycles. The number of aromatic nitrogens is 1. The molecule has 2 aromatic carbocycles. The molecule has 0 saturated heterocycles. The van der Waals surface area contributed by atoms with E-state index in [0.717, 1.165) is 15.4 Å². The van der Waals surface area contributed by atoms with Crippen LogP contribution in [0.15, 0.2) is 52.9 Å². The van der Waals surface area contributed by atoms with Crippen molar-refractivity contribution >= 4 is 33.3 Å². The molecule has 23 heavy (non-hydrogen) atoms. The van der Waals surface area contributed by atoms with Crippen LogP contribution in [0.25, 0.3) is 10.2 Å². The monoisotopic (exact) mass is 345 g/mol. The van der Waals surface area contributed by atoms with E-state index < -0.39 is 6.10 Å². The van der Waals surface area contributed by atoms with E-state index >= 15 is 0 Å². The fourth-order valence-electron chi connectivity index (χ4n) is 2.13. The SMILES string of the molecule is Cc1ccc(COCC(O)CSc2nc3ccccc3s2)cc1. The van der Waals surface area contributed by atoms with Gasteiger partial charge in [0.25, 0.3) is 0 Å². The van der Waals surface area contributed by atoms with Crippen molar-refractivity contribution in [2.24, 2.45) is 0 Å². The molecule has 3 rings (SSSR count). The van der Waals surface area contributed by atoms with Gasteiger partial charge in [0.15, 0.2) is 4.34 Å². The second-order valence-corrected chi connectivity index (χ2v) is 7.71. The number of benzene rings is 2. The van der Waals surface area contributed by atoms with Crippen LogP contribution in [0, 0.1) is 6.92 Å². The Morgan fingerprint density at radius 1 is 1.17 bits per heavy atom. The van der Waals surface area contributed by atoms with E-state index in [0.29, 0.717) is 19.0 Å². The Morgan fingerprint density at radius 2 is 1.96 bits per heavy atom. The predicted octanol–water partition coefficient (Wildman–Crippen LogP) is 4.27. The van der Waals surface area contributed by atoms with Crippen LogP contribution in [-0.4, -0.2) is 28.6 Å². The zero-order valence-corrected chi connectivity index (χ0v) is 14.6. The van der Waals surface area contributed by atoms with Gasteiger partial charge >= 0.3 is 0 Å². The van der Waals surface area contributed by atoms with Crippen molar-refractivity contribution in [1.82, 2.24) is 4.98 Å². The van der Waals surface area contributed by atoms with Crippen LogP contribution in [0.3, 0.4) is 0 Å². The Morgan fingerprint density at radius 3 is 2.74 bits per heavy atom. The minimum absolute atomic E-state index is 0.339. The van der Waals surface area contributed by atoms with Crippen molar-refractivity contribution in [3.8, 4) is 0 Å². The first-order valence-electron chi connectivity index (χ1n) is 7.50. The number of ether oxygens (including phenoxy) is 1. The fourth-order valence-corrected chi connectivity index (χ4v) is 4.13. The molecule has 0 aliphatic rings. The zero-order chi connectivity index (χ0) is 16.1. The second-order valence-electron chi connectivity index (χ2n) is 5.41. The van der Waals surface area contributed by atoms with E-state index in [1.165, 1.54) is 10.3 Å². The van der Waals surface area contributed by atoms with Crippen molar-refractivity contribution in [2.75, 3.05) is 12.4 Å². The van der Waals surface area contributed by atoms with Crippen LogP contribution in [0.5, 0.6) is 0 Å². The normalized spacial score (nSPS) is 12.6. The van der Waals surface area contributed by atoms with E-state index in [9.17, 15) is 5.11 Å². The van der Waals surface area contributed by atoms with Gasteiger partial charge in [0.1, 0.15) is 0 Å². The third-order valence-electron chi connectivity index (χ3n) is 3.37. The van der Waals surface area contributed by atoms with Gasteiger partial charge in [-0.05, 0) is 24.6 Å². The Bertz CT molecular complexity index is 722. The number of thioether (sulfide) groups is 1. The van der Waals surface area contributed by atoms with Gasteiger partial charge in [-0.1, -0.05) is 53.7 Å². The fraction of sp³-hybridized carbons (Fsp3) is 0.278. The average Bonchev–Trinajstić information content (AvgIpc) is 2.98. The van der Waals surface area contributed by atoms with Gasteiger partial charge in [0.2, 0.25) is 0 Å². The molecule has 0 fully saturated rings. The Hall–Kier alpha value is -1.40. The number of aryl methyl sites for hydroxylation is 1. The first kappa shape index (κ1) is 16.5. The van der Waals surface area contributed by atoms with Crippen molar-refractivity contribution in [1.29, 1.82) is 0 Å². The molecule has 1 aromatic heterocycles. The molecule has 5 heteroatoms. The van der Waals surface area contributed by atoms with E-state index in [4.69, 9.17) is 4.74 Å². The van der Waals surface area contributed by atoms with E-state index in [1.54, 1.807) is 23.1 Å². The second kappa shape index (κ2) is 7.93. The number of hydrogen-bond donors (Lipinski definition) is 1. The van der Waals surface area contributed by atoms with Crippen molar-refractivity contribution in [3.05, 3.63) is 59.7 Å². The van der Waals surface area contributed by atoms with Crippen LogP contribution in [0.4, 0.5) is 0 Å². The summed E-state index contributed by atoms with van der Waals surface area (Å²) >= 11 is 3.24. The lowest BCUT2D eigenvalue weighted by atomic mass is 10.2. The van der Waals surface area contributed by atoms with Crippen LogP contribution in [0.1, 0.15) is 11.1 Å². The minimum atomic E-state index is -0.488. The average molecular weight is 345 g/mol. The summed E-state index contributed by atoms with van der Waals surface area (Å²) in [5.41, 5.74) is 3.38. The van der Waals surface area contributed by atoms with Gasteiger partial charge in [0.05, 0.1) is 29.5 Å². The Labute approximate surface area is 144 Å². The molecule has 0 spiro atoms. The molecule has 3 nitrogen and oxygen atoms in total. The Balaban J connectivity index is 1.42. The zero-order valence-electron chi connectivity index (χ0n) is 12.9. The standard InChI is InChI=1S/C18H19NO2S2/c1-13-6-8-14(9-7-13)10-21-11-15(20)12-22-18-19-16-4-2-3-5-17(16)23-18/h2-9,15,20H,10-12H2,1H3. The van der Waals surface area contributed by atoms with E-state index in [1.807, 2.05) is 18.2 Å².